The Balaban J connectivity index is 1.49. The molecular weight excluding hydrogens is 402 g/mol. The second kappa shape index (κ2) is 16.6. The highest BCUT2D eigenvalue weighted by molar-refractivity contribution is 5.82. The number of likely N-dealkylation sites (tertiary alicyclic amines) is 1. The zero-order valence-corrected chi connectivity index (χ0v) is 20.1. The lowest BCUT2D eigenvalue weighted by Gasteiger charge is -2.22. The van der Waals surface area contributed by atoms with Crippen LogP contribution in [0.2, 0.25) is 0 Å². The molecule has 1 amide bonds. The van der Waals surface area contributed by atoms with Crippen LogP contribution >= 0.6 is 0 Å². The largest absolute Gasteiger partial charge is 0.464 e. The Hall–Kier alpha value is -2.04. The zero-order valence-electron chi connectivity index (χ0n) is 20.1. The molecule has 1 aromatic rings. The Kier molecular flexibility index (Phi) is 13.6. The van der Waals surface area contributed by atoms with E-state index in [2.05, 4.69) is 6.92 Å². The van der Waals surface area contributed by atoms with Crippen molar-refractivity contribution in [2.45, 2.75) is 109 Å². The van der Waals surface area contributed by atoms with E-state index in [-0.39, 0.29) is 12.6 Å². The maximum absolute atomic E-state index is 12.5. The minimum atomic E-state index is -0.504. The standard InChI is InChI=1S/C27H43NO4/c1-2-3-4-5-6-7-8-9-10-11-12-16-22-31-26(29)25-20-17-21-28(25)27(30)32-23-24-18-14-13-15-19-24/h13-15,18-19,25H,2-12,16-17,20-23H2,1H3. The van der Waals surface area contributed by atoms with E-state index >= 15 is 0 Å². The summed E-state index contributed by atoms with van der Waals surface area (Å²) in [5, 5.41) is 0. The summed E-state index contributed by atoms with van der Waals surface area (Å²) in [4.78, 5) is 26.4. The van der Waals surface area contributed by atoms with Gasteiger partial charge in [-0.3, -0.25) is 4.90 Å². The number of hydrogen-bond acceptors (Lipinski definition) is 4. The SMILES string of the molecule is CCCCCCCCCCCCCCOC(=O)C1CCCN1C(=O)OCc1ccccc1. The van der Waals surface area contributed by atoms with Crippen molar-refractivity contribution in [1.29, 1.82) is 0 Å². The fourth-order valence-corrected chi connectivity index (χ4v) is 4.24. The predicted molar refractivity (Wildman–Crippen MR) is 128 cm³/mol. The van der Waals surface area contributed by atoms with Gasteiger partial charge in [0.05, 0.1) is 6.61 Å². The highest BCUT2D eigenvalue weighted by Gasteiger charge is 2.36. The van der Waals surface area contributed by atoms with Gasteiger partial charge in [0.1, 0.15) is 12.6 Å². The molecule has 1 aliphatic rings. The summed E-state index contributed by atoms with van der Waals surface area (Å²) in [5.74, 6) is -0.290. The van der Waals surface area contributed by atoms with Crippen LogP contribution in [0.5, 0.6) is 0 Å². The van der Waals surface area contributed by atoms with E-state index in [9.17, 15) is 9.59 Å². The summed E-state index contributed by atoms with van der Waals surface area (Å²) in [5.41, 5.74) is 0.936. The second-order valence-corrected chi connectivity index (χ2v) is 8.95. The van der Waals surface area contributed by atoms with Crippen molar-refractivity contribution >= 4 is 12.1 Å². The van der Waals surface area contributed by atoms with Crippen LogP contribution < -0.4 is 0 Å². The summed E-state index contributed by atoms with van der Waals surface area (Å²) in [6, 6.07) is 9.07. The molecule has 0 saturated carbocycles. The quantitative estimate of drug-likeness (QED) is 0.202. The number of hydrogen-bond donors (Lipinski definition) is 0. The van der Waals surface area contributed by atoms with Crippen molar-refractivity contribution < 1.29 is 19.1 Å². The highest BCUT2D eigenvalue weighted by atomic mass is 16.6. The number of unbranched alkanes of at least 4 members (excludes halogenated alkanes) is 11. The minimum absolute atomic E-state index is 0.219. The van der Waals surface area contributed by atoms with Gasteiger partial charge in [0.15, 0.2) is 0 Å². The Labute approximate surface area is 194 Å². The number of carbonyl (C=O) groups excluding carboxylic acids is 2. The first kappa shape index (κ1) is 26.2. The van der Waals surface area contributed by atoms with E-state index < -0.39 is 12.1 Å². The van der Waals surface area contributed by atoms with Crippen LogP contribution in [0.3, 0.4) is 0 Å². The molecule has 1 aromatic carbocycles. The van der Waals surface area contributed by atoms with Gasteiger partial charge in [0.2, 0.25) is 0 Å². The fraction of sp³-hybridized carbons (Fsp3) is 0.704. The number of benzene rings is 1. The molecule has 1 unspecified atom stereocenters. The molecule has 32 heavy (non-hydrogen) atoms. The Morgan fingerprint density at radius 1 is 0.844 bits per heavy atom. The third-order valence-electron chi connectivity index (χ3n) is 6.21. The molecular formula is C27H43NO4. The van der Waals surface area contributed by atoms with Crippen molar-refractivity contribution in [3.63, 3.8) is 0 Å². The van der Waals surface area contributed by atoms with Crippen molar-refractivity contribution in [1.82, 2.24) is 4.90 Å². The molecule has 1 aliphatic heterocycles. The highest BCUT2D eigenvalue weighted by Crippen LogP contribution is 2.20. The summed E-state index contributed by atoms with van der Waals surface area (Å²) in [6.07, 6.45) is 16.4. The van der Waals surface area contributed by atoms with E-state index in [0.29, 0.717) is 19.6 Å². The molecule has 0 aromatic heterocycles. The summed E-state index contributed by atoms with van der Waals surface area (Å²) >= 11 is 0. The van der Waals surface area contributed by atoms with Gasteiger partial charge in [-0.1, -0.05) is 108 Å². The molecule has 1 saturated heterocycles. The molecule has 2 rings (SSSR count). The van der Waals surface area contributed by atoms with Crippen LogP contribution in [0, 0.1) is 0 Å². The Morgan fingerprint density at radius 2 is 1.44 bits per heavy atom. The topological polar surface area (TPSA) is 55.8 Å². The molecule has 0 spiro atoms. The molecule has 0 aliphatic carbocycles. The summed E-state index contributed by atoms with van der Waals surface area (Å²) < 4.78 is 10.9. The zero-order chi connectivity index (χ0) is 22.9. The van der Waals surface area contributed by atoms with Crippen LogP contribution in [0.15, 0.2) is 30.3 Å². The average Bonchev–Trinajstić information content (AvgIpc) is 3.31. The maximum atomic E-state index is 12.5. The Morgan fingerprint density at radius 3 is 2.06 bits per heavy atom. The number of nitrogens with zero attached hydrogens (tertiary/aromatic N) is 1. The number of esters is 1. The molecule has 1 heterocycles. The third-order valence-corrected chi connectivity index (χ3v) is 6.21. The van der Waals surface area contributed by atoms with E-state index in [4.69, 9.17) is 9.47 Å². The average molecular weight is 446 g/mol. The summed E-state index contributed by atoms with van der Waals surface area (Å²) in [7, 11) is 0. The predicted octanol–water partition coefficient (Wildman–Crippen LogP) is 7.03. The van der Waals surface area contributed by atoms with E-state index in [1.807, 2.05) is 30.3 Å². The van der Waals surface area contributed by atoms with Crippen LogP contribution in [-0.2, 0) is 20.9 Å². The van der Waals surface area contributed by atoms with Crippen molar-refractivity contribution in [2.75, 3.05) is 13.2 Å². The van der Waals surface area contributed by atoms with Gasteiger partial charge in [-0.15, -0.1) is 0 Å². The normalized spacial score (nSPS) is 15.7. The van der Waals surface area contributed by atoms with E-state index in [1.165, 1.54) is 69.1 Å². The number of ether oxygens (including phenoxy) is 2. The fourth-order valence-electron chi connectivity index (χ4n) is 4.24. The lowest BCUT2D eigenvalue weighted by Crippen LogP contribution is -2.41. The van der Waals surface area contributed by atoms with Crippen molar-refractivity contribution in [3.8, 4) is 0 Å². The van der Waals surface area contributed by atoms with Gasteiger partial charge in [-0.25, -0.2) is 9.59 Å². The van der Waals surface area contributed by atoms with Crippen LogP contribution in [0.4, 0.5) is 4.79 Å². The third kappa shape index (κ3) is 10.5. The molecule has 0 radical (unpaired) electrons. The summed E-state index contributed by atoms with van der Waals surface area (Å²) in [6.45, 7) is 3.47. The molecule has 1 atom stereocenters. The first-order chi connectivity index (χ1) is 15.7. The molecule has 5 heteroatoms. The van der Waals surface area contributed by atoms with Crippen LogP contribution in [0.1, 0.15) is 102 Å². The van der Waals surface area contributed by atoms with Gasteiger partial charge in [-0.05, 0) is 24.8 Å². The minimum Gasteiger partial charge on any atom is -0.464 e. The Bertz CT molecular complexity index is 634. The van der Waals surface area contributed by atoms with Gasteiger partial charge < -0.3 is 9.47 Å². The number of carbonyl (C=O) groups is 2. The van der Waals surface area contributed by atoms with Gasteiger partial charge in [0.25, 0.3) is 0 Å². The lowest BCUT2D eigenvalue weighted by atomic mass is 10.1. The van der Waals surface area contributed by atoms with Crippen molar-refractivity contribution in [3.05, 3.63) is 35.9 Å². The van der Waals surface area contributed by atoms with Crippen LogP contribution in [-0.4, -0.2) is 36.2 Å². The molecule has 1 fully saturated rings. The molecule has 5 nitrogen and oxygen atoms in total. The smallest absolute Gasteiger partial charge is 0.410 e. The molecule has 0 N–H and O–H groups in total. The maximum Gasteiger partial charge on any atom is 0.410 e. The van der Waals surface area contributed by atoms with Crippen LogP contribution in [0.25, 0.3) is 0 Å². The van der Waals surface area contributed by atoms with Gasteiger partial charge in [0, 0.05) is 6.54 Å². The monoisotopic (exact) mass is 445 g/mol. The first-order valence-corrected chi connectivity index (χ1v) is 12.9. The molecule has 0 bridgehead atoms. The number of amides is 1. The second-order valence-electron chi connectivity index (χ2n) is 8.95. The van der Waals surface area contributed by atoms with E-state index in [0.717, 1.165) is 24.8 Å². The molecule has 180 valence electrons. The van der Waals surface area contributed by atoms with Crippen molar-refractivity contribution in [2.24, 2.45) is 0 Å². The number of rotatable bonds is 16. The van der Waals surface area contributed by atoms with Gasteiger partial charge >= 0.3 is 12.1 Å². The lowest BCUT2D eigenvalue weighted by molar-refractivity contribution is -0.148. The van der Waals surface area contributed by atoms with Gasteiger partial charge in [-0.2, -0.15) is 0 Å². The van der Waals surface area contributed by atoms with E-state index in [1.54, 1.807) is 0 Å². The first-order valence-electron chi connectivity index (χ1n) is 12.9.